The van der Waals surface area contributed by atoms with E-state index in [1.165, 1.54) is 5.56 Å². The standard InChI is InChI=1S/C22H27NO4/c1-22(2)10-9-17-13-16(7-8-19(17)20(22)23-21(24)25)15-5-4-6-18(14-15)27-12-11-26-3/h4-8,13-14,20,23H,9-12H2,1-3H3,(H,24,25)/t20-/m1/s1. The van der Waals surface area contributed by atoms with Crippen molar-refractivity contribution in [2.75, 3.05) is 20.3 Å². The largest absolute Gasteiger partial charge is 0.491 e. The number of carboxylic acid groups (broad SMARTS) is 1. The lowest BCUT2D eigenvalue weighted by Gasteiger charge is -2.40. The van der Waals surface area contributed by atoms with Gasteiger partial charge in [0.25, 0.3) is 0 Å². The molecule has 0 unspecified atom stereocenters. The van der Waals surface area contributed by atoms with Crippen LogP contribution in [0.4, 0.5) is 4.79 Å². The molecule has 144 valence electrons. The topological polar surface area (TPSA) is 67.8 Å². The maximum Gasteiger partial charge on any atom is 0.405 e. The molecule has 27 heavy (non-hydrogen) atoms. The van der Waals surface area contributed by atoms with E-state index in [2.05, 4.69) is 43.4 Å². The van der Waals surface area contributed by atoms with Crippen molar-refractivity contribution >= 4 is 6.09 Å². The normalized spacial score (nSPS) is 17.8. The molecule has 0 aliphatic heterocycles. The zero-order valence-electron chi connectivity index (χ0n) is 16.1. The molecule has 0 bridgehead atoms. The minimum Gasteiger partial charge on any atom is -0.491 e. The van der Waals surface area contributed by atoms with Gasteiger partial charge in [0, 0.05) is 7.11 Å². The number of benzene rings is 2. The quantitative estimate of drug-likeness (QED) is 0.727. The number of rotatable bonds is 6. The Morgan fingerprint density at radius 2 is 1.96 bits per heavy atom. The highest BCUT2D eigenvalue weighted by Gasteiger charge is 2.37. The number of nitrogens with one attached hydrogen (secondary N) is 1. The molecule has 5 heteroatoms. The number of ether oxygens (including phenoxy) is 2. The Morgan fingerprint density at radius 3 is 2.70 bits per heavy atom. The van der Waals surface area contributed by atoms with Crippen LogP contribution in [-0.4, -0.2) is 31.5 Å². The van der Waals surface area contributed by atoms with E-state index in [4.69, 9.17) is 9.47 Å². The van der Waals surface area contributed by atoms with Crippen LogP contribution < -0.4 is 10.1 Å². The highest BCUT2D eigenvalue weighted by molar-refractivity contribution is 5.68. The molecule has 0 saturated heterocycles. The Kier molecular flexibility index (Phi) is 5.71. The highest BCUT2D eigenvalue weighted by atomic mass is 16.5. The van der Waals surface area contributed by atoms with Crippen molar-refractivity contribution in [3.8, 4) is 16.9 Å². The van der Waals surface area contributed by atoms with Crippen LogP contribution in [0, 0.1) is 5.41 Å². The molecule has 0 spiro atoms. The SMILES string of the molecule is COCCOc1cccc(-c2ccc3c(c2)CCC(C)(C)[C@@H]3NC(=O)O)c1. The Bertz CT molecular complexity index is 816. The van der Waals surface area contributed by atoms with Crippen molar-refractivity contribution in [2.45, 2.75) is 32.7 Å². The number of aryl methyl sites for hydroxylation is 1. The number of hydrogen-bond acceptors (Lipinski definition) is 3. The van der Waals surface area contributed by atoms with Crippen LogP contribution in [0.5, 0.6) is 5.75 Å². The van der Waals surface area contributed by atoms with Gasteiger partial charge in [0.15, 0.2) is 0 Å². The third-order valence-corrected chi connectivity index (χ3v) is 5.27. The van der Waals surface area contributed by atoms with Crippen LogP contribution in [0.15, 0.2) is 42.5 Å². The van der Waals surface area contributed by atoms with Gasteiger partial charge in [-0.25, -0.2) is 4.79 Å². The van der Waals surface area contributed by atoms with Gasteiger partial charge in [-0.05, 0) is 52.6 Å². The Balaban J connectivity index is 1.88. The van der Waals surface area contributed by atoms with E-state index in [1.807, 2.05) is 18.2 Å². The molecule has 0 radical (unpaired) electrons. The van der Waals surface area contributed by atoms with Gasteiger partial charge in [0.2, 0.25) is 0 Å². The number of fused-ring (bicyclic) bond motifs is 1. The van der Waals surface area contributed by atoms with Crippen LogP contribution >= 0.6 is 0 Å². The van der Waals surface area contributed by atoms with Gasteiger partial charge < -0.3 is 19.9 Å². The van der Waals surface area contributed by atoms with Crippen molar-refractivity contribution < 1.29 is 19.4 Å². The van der Waals surface area contributed by atoms with Gasteiger partial charge in [0.1, 0.15) is 12.4 Å². The average Bonchev–Trinajstić information content (AvgIpc) is 2.64. The van der Waals surface area contributed by atoms with Gasteiger partial charge in [-0.2, -0.15) is 0 Å². The molecule has 1 aliphatic rings. The second kappa shape index (κ2) is 8.01. The summed E-state index contributed by atoms with van der Waals surface area (Å²) in [5.41, 5.74) is 4.36. The minimum absolute atomic E-state index is 0.109. The van der Waals surface area contributed by atoms with Gasteiger partial charge in [-0.1, -0.05) is 44.2 Å². The molecular formula is C22H27NO4. The fraction of sp³-hybridized carbons (Fsp3) is 0.409. The second-order valence-electron chi connectivity index (χ2n) is 7.65. The van der Waals surface area contributed by atoms with Gasteiger partial charge in [-0.15, -0.1) is 0 Å². The maximum atomic E-state index is 11.3. The first kappa shape index (κ1) is 19.2. The number of carbonyl (C=O) groups is 1. The lowest BCUT2D eigenvalue weighted by Crippen LogP contribution is -2.40. The van der Waals surface area contributed by atoms with Crippen molar-refractivity contribution in [3.05, 3.63) is 53.6 Å². The summed E-state index contributed by atoms with van der Waals surface area (Å²) in [4.78, 5) is 11.3. The molecule has 2 N–H and O–H groups in total. The highest BCUT2D eigenvalue weighted by Crippen LogP contribution is 2.44. The average molecular weight is 369 g/mol. The fourth-order valence-corrected chi connectivity index (χ4v) is 3.71. The monoisotopic (exact) mass is 369 g/mol. The van der Waals surface area contributed by atoms with Crippen LogP contribution in [0.3, 0.4) is 0 Å². The maximum absolute atomic E-state index is 11.3. The van der Waals surface area contributed by atoms with Crippen LogP contribution in [0.2, 0.25) is 0 Å². The summed E-state index contributed by atoms with van der Waals surface area (Å²) in [7, 11) is 1.65. The summed E-state index contributed by atoms with van der Waals surface area (Å²) in [5.74, 6) is 0.814. The first-order chi connectivity index (χ1) is 12.9. The summed E-state index contributed by atoms with van der Waals surface area (Å²) in [6, 6.07) is 14.1. The van der Waals surface area contributed by atoms with Crippen molar-refractivity contribution in [2.24, 2.45) is 5.41 Å². The molecule has 2 aromatic carbocycles. The predicted molar refractivity (Wildman–Crippen MR) is 105 cm³/mol. The van der Waals surface area contributed by atoms with Crippen LogP contribution in [0.25, 0.3) is 11.1 Å². The lowest BCUT2D eigenvalue weighted by atomic mass is 9.70. The summed E-state index contributed by atoms with van der Waals surface area (Å²) < 4.78 is 10.7. The van der Waals surface area contributed by atoms with E-state index in [-0.39, 0.29) is 11.5 Å². The Hall–Kier alpha value is -2.53. The smallest absolute Gasteiger partial charge is 0.405 e. The molecule has 1 atom stereocenters. The van der Waals surface area contributed by atoms with E-state index < -0.39 is 6.09 Å². The second-order valence-corrected chi connectivity index (χ2v) is 7.65. The van der Waals surface area contributed by atoms with Crippen LogP contribution in [-0.2, 0) is 11.2 Å². The van der Waals surface area contributed by atoms with Gasteiger partial charge in [-0.3, -0.25) is 0 Å². The molecule has 0 heterocycles. The summed E-state index contributed by atoms with van der Waals surface area (Å²) >= 11 is 0. The number of hydrogen-bond donors (Lipinski definition) is 2. The third kappa shape index (κ3) is 4.42. The molecule has 0 fully saturated rings. The lowest BCUT2D eigenvalue weighted by molar-refractivity contribution is 0.146. The molecule has 1 amide bonds. The summed E-state index contributed by atoms with van der Waals surface area (Å²) in [6.07, 6.45) is 0.901. The minimum atomic E-state index is -0.981. The van der Waals surface area contributed by atoms with Crippen molar-refractivity contribution in [1.29, 1.82) is 0 Å². The summed E-state index contributed by atoms with van der Waals surface area (Å²) in [5, 5.41) is 12.0. The van der Waals surface area contributed by atoms with E-state index in [1.54, 1.807) is 7.11 Å². The zero-order chi connectivity index (χ0) is 19.4. The van der Waals surface area contributed by atoms with Crippen molar-refractivity contribution in [3.63, 3.8) is 0 Å². The molecule has 0 aromatic heterocycles. The molecule has 2 aromatic rings. The molecule has 0 saturated carbocycles. The molecule has 1 aliphatic carbocycles. The molecule has 5 nitrogen and oxygen atoms in total. The number of amides is 1. The zero-order valence-corrected chi connectivity index (χ0v) is 16.1. The van der Waals surface area contributed by atoms with E-state index in [0.717, 1.165) is 35.3 Å². The Morgan fingerprint density at radius 1 is 1.19 bits per heavy atom. The van der Waals surface area contributed by atoms with Gasteiger partial charge >= 0.3 is 6.09 Å². The molecular weight excluding hydrogens is 342 g/mol. The first-order valence-corrected chi connectivity index (χ1v) is 9.25. The summed E-state index contributed by atoms with van der Waals surface area (Å²) in [6.45, 7) is 5.30. The predicted octanol–water partition coefficient (Wildman–Crippen LogP) is 4.66. The Labute approximate surface area is 160 Å². The van der Waals surface area contributed by atoms with Gasteiger partial charge in [0.05, 0.1) is 12.6 Å². The first-order valence-electron chi connectivity index (χ1n) is 9.25. The fourth-order valence-electron chi connectivity index (χ4n) is 3.71. The van der Waals surface area contributed by atoms with E-state index in [0.29, 0.717) is 13.2 Å². The van der Waals surface area contributed by atoms with E-state index >= 15 is 0 Å². The number of methoxy groups -OCH3 is 1. The third-order valence-electron chi connectivity index (χ3n) is 5.27. The molecule has 3 rings (SSSR count). The van der Waals surface area contributed by atoms with Crippen molar-refractivity contribution in [1.82, 2.24) is 5.32 Å². The van der Waals surface area contributed by atoms with Crippen LogP contribution in [0.1, 0.15) is 37.4 Å². The van der Waals surface area contributed by atoms with E-state index in [9.17, 15) is 9.90 Å².